The molecule has 6 heteroatoms. The number of methoxy groups -OCH3 is 1. The molecule has 0 bridgehead atoms. The van der Waals surface area contributed by atoms with Crippen molar-refractivity contribution in [1.82, 2.24) is 20.5 Å². The smallest absolute Gasteiger partial charge is 0.315 e. The number of amides is 2. The van der Waals surface area contributed by atoms with Gasteiger partial charge < -0.3 is 20.3 Å². The Balaban J connectivity index is 1.93. The lowest BCUT2D eigenvalue weighted by molar-refractivity contribution is 0.231. The second kappa shape index (κ2) is 8.88. The number of rotatable bonds is 7. The Morgan fingerprint density at radius 1 is 1.17 bits per heavy atom. The van der Waals surface area contributed by atoms with Crippen molar-refractivity contribution >= 4 is 6.03 Å². The molecule has 0 fully saturated rings. The van der Waals surface area contributed by atoms with Crippen LogP contribution in [-0.2, 0) is 6.54 Å². The van der Waals surface area contributed by atoms with E-state index < -0.39 is 0 Å². The monoisotopic (exact) mass is 328 g/mol. The lowest BCUT2D eigenvalue weighted by atomic mass is 10.0. The molecule has 6 nitrogen and oxygen atoms in total. The number of para-hydroxylation sites is 1. The van der Waals surface area contributed by atoms with E-state index in [4.69, 9.17) is 4.74 Å². The highest BCUT2D eigenvalue weighted by atomic mass is 16.5. The summed E-state index contributed by atoms with van der Waals surface area (Å²) >= 11 is 0. The van der Waals surface area contributed by atoms with Gasteiger partial charge in [-0.05, 0) is 32.3 Å². The topological polar surface area (TPSA) is 66.5 Å². The van der Waals surface area contributed by atoms with Crippen molar-refractivity contribution in [1.29, 1.82) is 0 Å². The van der Waals surface area contributed by atoms with Crippen molar-refractivity contribution < 1.29 is 9.53 Å². The average molecular weight is 328 g/mol. The summed E-state index contributed by atoms with van der Waals surface area (Å²) in [6.07, 6.45) is 1.71. The molecule has 128 valence electrons. The Morgan fingerprint density at radius 3 is 2.58 bits per heavy atom. The molecule has 1 aromatic carbocycles. The van der Waals surface area contributed by atoms with Crippen LogP contribution in [0.3, 0.4) is 0 Å². The fraction of sp³-hybridized carbons (Fsp3) is 0.333. The first-order valence-electron chi connectivity index (χ1n) is 7.82. The van der Waals surface area contributed by atoms with Crippen LogP contribution in [-0.4, -0.2) is 43.7 Å². The summed E-state index contributed by atoms with van der Waals surface area (Å²) in [6, 6.07) is 13.2. The normalized spacial score (nSPS) is 11.8. The lowest BCUT2D eigenvalue weighted by Gasteiger charge is -2.26. The highest BCUT2D eigenvalue weighted by molar-refractivity contribution is 5.73. The summed E-state index contributed by atoms with van der Waals surface area (Å²) in [4.78, 5) is 18.3. The second-order valence-electron chi connectivity index (χ2n) is 5.61. The van der Waals surface area contributed by atoms with E-state index >= 15 is 0 Å². The zero-order valence-electron chi connectivity index (χ0n) is 14.3. The van der Waals surface area contributed by atoms with E-state index in [1.807, 2.05) is 56.6 Å². The largest absolute Gasteiger partial charge is 0.496 e. The fourth-order valence-corrected chi connectivity index (χ4v) is 2.44. The van der Waals surface area contributed by atoms with Crippen molar-refractivity contribution in [2.24, 2.45) is 0 Å². The van der Waals surface area contributed by atoms with Gasteiger partial charge in [-0.25, -0.2) is 4.79 Å². The van der Waals surface area contributed by atoms with E-state index in [-0.39, 0.29) is 12.1 Å². The number of benzene rings is 1. The maximum Gasteiger partial charge on any atom is 0.315 e. The number of carbonyl (C=O) groups is 1. The van der Waals surface area contributed by atoms with Gasteiger partial charge in [-0.1, -0.05) is 24.3 Å². The van der Waals surface area contributed by atoms with E-state index in [9.17, 15) is 4.79 Å². The molecule has 0 aliphatic heterocycles. The summed E-state index contributed by atoms with van der Waals surface area (Å²) < 4.78 is 5.43. The molecule has 0 saturated heterocycles. The van der Waals surface area contributed by atoms with Gasteiger partial charge in [-0.2, -0.15) is 0 Å². The van der Waals surface area contributed by atoms with Gasteiger partial charge in [0.15, 0.2) is 0 Å². The summed E-state index contributed by atoms with van der Waals surface area (Å²) in [5.74, 6) is 0.812. The summed E-state index contributed by atoms with van der Waals surface area (Å²) in [5.41, 5.74) is 1.86. The van der Waals surface area contributed by atoms with Crippen LogP contribution in [0.25, 0.3) is 0 Å². The second-order valence-corrected chi connectivity index (χ2v) is 5.61. The van der Waals surface area contributed by atoms with Crippen molar-refractivity contribution in [3.63, 3.8) is 0 Å². The Labute approximate surface area is 142 Å². The summed E-state index contributed by atoms with van der Waals surface area (Å²) in [6.45, 7) is 0.870. The maximum atomic E-state index is 12.0. The average Bonchev–Trinajstić information content (AvgIpc) is 2.61. The maximum absolute atomic E-state index is 12.0. The third-order valence-electron chi connectivity index (χ3n) is 3.73. The number of likely N-dealkylation sites (N-methyl/N-ethyl adjacent to an activating group) is 1. The third-order valence-corrected chi connectivity index (χ3v) is 3.73. The van der Waals surface area contributed by atoms with Crippen LogP contribution >= 0.6 is 0 Å². The van der Waals surface area contributed by atoms with Crippen LogP contribution in [0.1, 0.15) is 17.3 Å². The van der Waals surface area contributed by atoms with Crippen LogP contribution in [0.5, 0.6) is 5.75 Å². The first-order valence-corrected chi connectivity index (χ1v) is 7.82. The molecule has 0 spiro atoms. The lowest BCUT2D eigenvalue weighted by Crippen LogP contribution is -2.40. The number of aromatic nitrogens is 1. The highest BCUT2D eigenvalue weighted by Crippen LogP contribution is 2.27. The molecule has 0 aliphatic carbocycles. The minimum atomic E-state index is -0.220. The molecule has 1 atom stereocenters. The van der Waals surface area contributed by atoms with Crippen LogP contribution in [0.15, 0.2) is 48.7 Å². The summed E-state index contributed by atoms with van der Waals surface area (Å²) in [7, 11) is 5.60. The number of pyridine rings is 1. The Kier molecular flexibility index (Phi) is 6.57. The zero-order chi connectivity index (χ0) is 17.4. The van der Waals surface area contributed by atoms with E-state index in [0.29, 0.717) is 13.1 Å². The van der Waals surface area contributed by atoms with Crippen molar-refractivity contribution in [3.05, 3.63) is 59.9 Å². The molecule has 0 radical (unpaired) electrons. The molecule has 0 saturated carbocycles. The molecule has 2 N–H and O–H groups in total. The van der Waals surface area contributed by atoms with Crippen molar-refractivity contribution in [2.45, 2.75) is 12.6 Å². The molecule has 24 heavy (non-hydrogen) atoms. The molecule has 1 heterocycles. The van der Waals surface area contributed by atoms with Crippen molar-refractivity contribution in [2.75, 3.05) is 27.7 Å². The van der Waals surface area contributed by atoms with E-state index in [2.05, 4.69) is 20.5 Å². The van der Waals surface area contributed by atoms with Crippen LogP contribution in [0.4, 0.5) is 4.79 Å². The third kappa shape index (κ3) is 4.96. The standard InChI is InChI=1S/C18H24N4O2/c1-22(2)16(15-9-4-5-10-17(15)24-3)13-21-18(23)20-12-14-8-6-7-11-19-14/h4-11,16H,12-13H2,1-3H3,(H2,20,21,23). The first-order chi connectivity index (χ1) is 11.6. The number of carbonyl (C=O) groups excluding carboxylic acids is 1. The number of nitrogens with zero attached hydrogens (tertiary/aromatic N) is 2. The number of ether oxygens (including phenoxy) is 1. The van der Waals surface area contributed by atoms with Crippen LogP contribution < -0.4 is 15.4 Å². The van der Waals surface area contributed by atoms with Gasteiger partial charge in [0.2, 0.25) is 0 Å². The predicted octanol–water partition coefficient (Wildman–Crippen LogP) is 2.19. The van der Waals surface area contributed by atoms with Gasteiger partial charge in [0.25, 0.3) is 0 Å². The predicted molar refractivity (Wildman–Crippen MR) is 93.9 cm³/mol. The Bertz CT molecular complexity index is 646. The minimum absolute atomic E-state index is 0.0155. The molecule has 2 amide bonds. The fourth-order valence-electron chi connectivity index (χ4n) is 2.44. The quantitative estimate of drug-likeness (QED) is 0.818. The van der Waals surface area contributed by atoms with Crippen LogP contribution in [0, 0.1) is 0 Å². The number of nitrogens with one attached hydrogen (secondary N) is 2. The van der Waals surface area contributed by atoms with Gasteiger partial charge >= 0.3 is 6.03 Å². The number of hydrogen-bond donors (Lipinski definition) is 2. The Hall–Kier alpha value is -2.60. The molecule has 1 unspecified atom stereocenters. The van der Waals surface area contributed by atoms with Gasteiger partial charge in [0.1, 0.15) is 5.75 Å². The van der Waals surface area contributed by atoms with E-state index in [1.54, 1.807) is 13.3 Å². The molecule has 2 aromatic rings. The van der Waals surface area contributed by atoms with Gasteiger partial charge in [0.05, 0.1) is 25.4 Å². The SMILES string of the molecule is COc1ccccc1C(CNC(=O)NCc1ccccn1)N(C)C. The molecular weight excluding hydrogens is 304 g/mol. The van der Waals surface area contributed by atoms with Crippen molar-refractivity contribution in [3.8, 4) is 5.75 Å². The molecular formula is C18H24N4O2. The van der Waals surface area contributed by atoms with E-state index in [1.165, 1.54) is 0 Å². The molecule has 2 rings (SSSR count). The zero-order valence-corrected chi connectivity index (χ0v) is 14.3. The molecule has 0 aliphatic rings. The van der Waals surface area contributed by atoms with Gasteiger partial charge in [0, 0.05) is 18.3 Å². The minimum Gasteiger partial charge on any atom is -0.496 e. The highest BCUT2D eigenvalue weighted by Gasteiger charge is 2.18. The molecule has 1 aromatic heterocycles. The Morgan fingerprint density at radius 2 is 1.92 bits per heavy atom. The number of hydrogen-bond acceptors (Lipinski definition) is 4. The van der Waals surface area contributed by atoms with E-state index in [0.717, 1.165) is 17.0 Å². The van der Waals surface area contributed by atoms with Gasteiger partial charge in [-0.3, -0.25) is 4.98 Å². The number of urea groups is 1. The van der Waals surface area contributed by atoms with Crippen LogP contribution in [0.2, 0.25) is 0 Å². The first kappa shape index (κ1) is 17.7. The van der Waals surface area contributed by atoms with Gasteiger partial charge in [-0.15, -0.1) is 0 Å². The summed E-state index contributed by atoms with van der Waals surface area (Å²) in [5, 5.41) is 5.72.